The molecule has 0 bridgehead atoms. The van der Waals surface area contributed by atoms with E-state index >= 15 is 0 Å². The molecule has 8 nitrogen and oxygen atoms in total. The predicted octanol–water partition coefficient (Wildman–Crippen LogP) is 3.88. The van der Waals surface area contributed by atoms with Gasteiger partial charge in [-0.3, -0.25) is 14.6 Å². The van der Waals surface area contributed by atoms with Gasteiger partial charge in [0, 0.05) is 43.7 Å². The number of hydrogen-bond donors (Lipinski definition) is 0. The molecule has 0 atom stereocenters. The molecule has 188 valence electrons. The van der Waals surface area contributed by atoms with Gasteiger partial charge in [-0.2, -0.15) is 0 Å². The molecule has 0 spiro atoms. The number of ether oxygens (including phenoxy) is 2. The second-order valence-corrected chi connectivity index (χ2v) is 11.8. The van der Waals surface area contributed by atoms with Crippen molar-refractivity contribution < 1.29 is 22.7 Å². The van der Waals surface area contributed by atoms with E-state index in [9.17, 15) is 13.2 Å². The summed E-state index contributed by atoms with van der Waals surface area (Å²) in [6.45, 7) is 4.45. The fraction of sp³-hybridized carbons (Fsp3) is 0.417. The van der Waals surface area contributed by atoms with Crippen molar-refractivity contribution in [1.29, 1.82) is 0 Å². The number of methoxy groups -OCH3 is 1. The number of hydrogen-bond acceptors (Lipinski definition) is 8. The first-order chi connectivity index (χ1) is 16.9. The van der Waals surface area contributed by atoms with Crippen LogP contribution < -0.4 is 9.64 Å². The molecule has 1 aromatic heterocycles. The van der Waals surface area contributed by atoms with E-state index in [0.717, 1.165) is 36.3 Å². The molecule has 2 heterocycles. The zero-order valence-corrected chi connectivity index (χ0v) is 21.9. The van der Waals surface area contributed by atoms with Crippen molar-refractivity contribution in [3.63, 3.8) is 0 Å². The van der Waals surface area contributed by atoms with Gasteiger partial charge in [0.2, 0.25) is 5.91 Å². The zero-order valence-electron chi connectivity index (χ0n) is 19.5. The number of morpholine rings is 1. The lowest BCUT2D eigenvalue weighted by atomic mass is 10.3. The van der Waals surface area contributed by atoms with E-state index < -0.39 is 9.84 Å². The van der Waals surface area contributed by atoms with Crippen LogP contribution >= 0.6 is 22.9 Å². The highest BCUT2D eigenvalue weighted by Gasteiger charge is 2.24. The summed E-state index contributed by atoms with van der Waals surface area (Å²) in [7, 11) is -2.03. The normalized spacial score (nSPS) is 14.8. The summed E-state index contributed by atoms with van der Waals surface area (Å²) in [6, 6.07) is 11.6. The number of benzene rings is 2. The number of sulfone groups is 1. The Morgan fingerprint density at radius 2 is 1.94 bits per heavy atom. The Bertz CT molecular complexity index is 1260. The lowest BCUT2D eigenvalue weighted by Crippen LogP contribution is -2.39. The maximum absolute atomic E-state index is 13.3. The van der Waals surface area contributed by atoms with Gasteiger partial charge in [0.1, 0.15) is 5.75 Å². The Kier molecular flexibility index (Phi) is 8.61. The molecular weight excluding hydrogens is 510 g/mol. The van der Waals surface area contributed by atoms with Crippen LogP contribution in [0, 0.1) is 0 Å². The zero-order chi connectivity index (χ0) is 24.8. The molecule has 1 amide bonds. The van der Waals surface area contributed by atoms with Gasteiger partial charge in [0.15, 0.2) is 15.0 Å². The minimum atomic E-state index is -3.62. The first-order valence-corrected chi connectivity index (χ1v) is 14.2. The average Bonchev–Trinajstić information content (AvgIpc) is 3.29. The van der Waals surface area contributed by atoms with Crippen molar-refractivity contribution in [2.75, 3.05) is 57.2 Å². The van der Waals surface area contributed by atoms with Crippen LogP contribution in [-0.2, 0) is 19.4 Å². The highest BCUT2D eigenvalue weighted by molar-refractivity contribution is 7.91. The molecule has 0 saturated carbocycles. The predicted molar refractivity (Wildman–Crippen MR) is 139 cm³/mol. The summed E-state index contributed by atoms with van der Waals surface area (Å²) in [5, 5.41) is 1.02. The number of amides is 1. The summed E-state index contributed by atoms with van der Waals surface area (Å²) in [6.07, 6.45) is 0.608. The highest BCUT2D eigenvalue weighted by Crippen LogP contribution is 2.32. The Morgan fingerprint density at radius 3 is 2.66 bits per heavy atom. The van der Waals surface area contributed by atoms with Crippen LogP contribution in [0.2, 0.25) is 5.02 Å². The van der Waals surface area contributed by atoms with Gasteiger partial charge in [0.05, 0.1) is 41.2 Å². The summed E-state index contributed by atoms with van der Waals surface area (Å²) in [5.74, 6) is 0.135. The van der Waals surface area contributed by atoms with Crippen LogP contribution in [-0.4, -0.2) is 76.5 Å². The van der Waals surface area contributed by atoms with Gasteiger partial charge in [-0.05, 0) is 42.8 Å². The van der Waals surface area contributed by atoms with Crippen molar-refractivity contribution >= 4 is 54.0 Å². The fourth-order valence-electron chi connectivity index (χ4n) is 3.86. The van der Waals surface area contributed by atoms with Crippen molar-refractivity contribution in [3.8, 4) is 5.75 Å². The third-order valence-electron chi connectivity index (χ3n) is 5.83. The average molecular weight is 538 g/mol. The number of aromatic nitrogens is 1. The van der Waals surface area contributed by atoms with Crippen LogP contribution in [0.25, 0.3) is 10.2 Å². The number of carbonyl (C=O) groups excluding carboxylic acids is 1. The van der Waals surface area contributed by atoms with Crippen molar-refractivity contribution in [1.82, 2.24) is 9.88 Å². The number of rotatable bonds is 10. The molecule has 1 saturated heterocycles. The van der Waals surface area contributed by atoms with Crippen molar-refractivity contribution in [2.24, 2.45) is 0 Å². The van der Waals surface area contributed by atoms with E-state index in [4.69, 9.17) is 21.1 Å². The summed E-state index contributed by atoms with van der Waals surface area (Å²) < 4.78 is 37.2. The molecule has 11 heteroatoms. The molecule has 1 aliphatic rings. The van der Waals surface area contributed by atoms with Gasteiger partial charge in [0.25, 0.3) is 0 Å². The van der Waals surface area contributed by atoms with Crippen molar-refractivity contribution in [2.45, 2.75) is 17.7 Å². The van der Waals surface area contributed by atoms with E-state index in [1.807, 2.05) is 18.2 Å². The van der Waals surface area contributed by atoms with E-state index in [0.29, 0.717) is 35.7 Å². The number of halogens is 1. The Labute approximate surface area is 214 Å². The van der Waals surface area contributed by atoms with Crippen LogP contribution in [0.15, 0.2) is 47.4 Å². The minimum Gasteiger partial charge on any atom is -0.497 e. The fourth-order valence-corrected chi connectivity index (χ4v) is 6.20. The Hall–Kier alpha value is -2.24. The second-order valence-electron chi connectivity index (χ2n) is 8.21. The second kappa shape index (κ2) is 11.7. The van der Waals surface area contributed by atoms with Gasteiger partial charge >= 0.3 is 0 Å². The molecular formula is C24H28ClN3O5S2. The largest absolute Gasteiger partial charge is 0.497 e. The Morgan fingerprint density at radius 1 is 1.20 bits per heavy atom. The first-order valence-electron chi connectivity index (χ1n) is 11.4. The summed E-state index contributed by atoms with van der Waals surface area (Å²) in [5.41, 5.74) is 0.740. The molecule has 1 aliphatic heterocycles. The number of carbonyl (C=O) groups is 1. The smallest absolute Gasteiger partial charge is 0.229 e. The number of fused-ring (bicyclic) bond motifs is 1. The van der Waals surface area contributed by atoms with Crippen LogP contribution in [0.3, 0.4) is 0 Å². The third kappa shape index (κ3) is 6.71. The molecule has 0 radical (unpaired) electrons. The molecule has 1 fully saturated rings. The van der Waals surface area contributed by atoms with Crippen LogP contribution in [0.5, 0.6) is 5.75 Å². The first kappa shape index (κ1) is 25.8. The summed E-state index contributed by atoms with van der Waals surface area (Å²) >= 11 is 7.29. The van der Waals surface area contributed by atoms with Crippen LogP contribution in [0.1, 0.15) is 12.8 Å². The van der Waals surface area contributed by atoms with E-state index in [1.165, 1.54) is 35.6 Å². The molecule has 0 N–H and O–H groups in total. The Balaban J connectivity index is 1.49. The monoisotopic (exact) mass is 537 g/mol. The molecule has 35 heavy (non-hydrogen) atoms. The van der Waals surface area contributed by atoms with Crippen LogP contribution in [0.4, 0.5) is 5.13 Å². The maximum Gasteiger partial charge on any atom is 0.229 e. The molecule has 2 aromatic carbocycles. The molecule has 4 rings (SSSR count). The maximum atomic E-state index is 13.3. The van der Waals surface area contributed by atoms with E-state index in [1.54, 1.807) is 12.0 Å². The quantitative estimate of drug-likeness (QED) is 0.388. The number of nitrogens with zero attached hydrogens (tertiary/aromatic N) is 3. The van der Waals surface area contributed by atoms with E-state index in [2.05, 4.69) is 9.88 Å². The van der Waals surface area contributed by atoms with Gasteiger partial charge in [-0.15, -0.1) is 0 Å². The lowest BCUT2D eigenvalue weighted by Gasteiger charge is -2.27. The minimum absolute atomic E-state index is 0.137. The standard InChI is InChI=1S/C24H28ClN3O5S2/c1-32-19-5-8-22-21(17-19)26-24(34-22)28(11-2-10-27-12-14-33-15-13-27)23(29)9-16-35(30,31)20-6-3-18(25)4-7-20/h3-8,17H,2,9-16H2,1H3. The van der Waals surface area contributed by atoms with Gasteiger partial charge in [-0.1, -0.05) is 22.9 Å². The van der Waals surface area contributed by atoms with Gasteiger partial charge < -0.3 is 9.47 Å². The molecule has 0 unspecified atom stereocenters. The highest BCUT2D eigenvalue weighted by atomic mass is 35.5. The molecule has 0 aliphatic carbocycles. The van der Waals surface area contributed by atoms with Gasteiger partial charge in [-0.25, -0.2) is 13.4 Å². The number of thiazole rings is 1. The van der Waals surface area contributed by atoms with Crippen molar-refractivity contribution in [3.05, 3.63) is 47.5 Å². The molecule has 3 aromatic rings. The summed E-state index contributed by atoms with van der Waals surface area (Å²) in [4.78, 5) is 22.1. The SMILES string of the molecule is COc1ccc2sc(N(CCCN3CCOCC3)C(=O)CCS(=O)(=O)c3ccc(Cl)cc3)nc2c1. The lowest BCUT2D eigenvalue weighted by molar-refractivity contribution is -0.118. The van der Waals surface area contributed by atoms with E-state index in [-0.39, 0.29) is 23.0 Å². The third-order valence-corrected chi connectivity index (χ3v) is 8.88. The number of anilines is 1. The topological polar surface area (TPSA) is 89.0 Å².